The van der Waals surface area contributed by atoms with Gasteiger partial charge in [0.05, 0.1) is 21.6 Å². The van der Waals surface area contributed by atoms with Gasteiger partial charge in [0.15, 0.2) is 6.61 Å². The molecule has 3 N–H and O–H groups in total. The second-order valence-corrected chi connectivity index (χ2v) is 9.89. The number of carbonyl (C=O) groups excluding carboxylic acids is 2. The number of sulfonamides is 1. The number of esters is 1. The van der Waals surface area contributed by atoms with Gasteiger partial charge in [-0.3, -0.25) is 4.79 Å². The van der Waals surface area contributed by atoms with Gasteiger partial charge in [0, 0.05) is 18.8 Å². The minimum atomic E-state index is -3.85. The van der Waals surface area contributed by atoms with Crippen molar-refractivity contribution in [2.24, 2.45) is 0 Å². The summed E-state index contributed by atoms with van der Waals surface area (Å²) in [7, 11) is -3.85. The van der Waals surface area contributed by atoms with Crippen LogP contribution >= 0.6 is 11.6 Å². The van der Waals surface area contributed by atoms with E-state index in [-0.39, 0.29) is 21.2 Å². The van der Waals surface area contributed by atoms with Crippen molar-refractivity contribution >= 4 is 50.2 Å². The fraction of sp³-hybridized carbons (Fsp3) is 0.286. The average molecular weight is 493 g/mol. The number of aromatic amines is 2. The Bertz CT molecular complexity index is 1370. The van der Waals surface area contributed by atoms with Crippen molar-refractivity contribution < 1.29 is 22.7 Å². The number of H-pyrrole nitrogens is 2. The Morgan fingerprint density at radius 2 is 1.76 bits per heavy atom. The van der Waals surface area contributed by atoms with Gasteiger partial charge in [-0.25, -0.2) is 18.0 Å². The fourth-order valence-electron chi connectivity index (χ4n) is 3.59. The predicted molar refractivity (Wildman–Crippen MR) is 122 cm³/mol. The highest BCUT2D eigenvalue weighted by atomic mass is 35.5. The van der Waals surface area contributed by atoms with E-state index in [9.17, 15) is 22.8 Å². The molecule has 0 saturated carbocycles. The van der Waals surface area contributed by atoms with Crippen molar-refractivity contribution in [3.8, 4) is 0 Å². The van der Waals surface area contributed by atoms with Crippen LogP contribution in [-0.2, 0) is 19.6 Å². The molecule has 0 aliphatic carbocycles. The van der Waals surface area contributed by atoms with Gasteiger partial charge in [-0.1, -0.05) is 18.0 Å². The minimum Gasteiger partial charge on any atom is -0.452 e. The zero-order chi connectivity index (χ0) is 23.6. The molecule has 3 aromatic rings. The molecule has 0 unspecified atom stereocenters. The van der Waals surface area contributed by atoms with Crippen LogP contribution in [0.2, 0.25) is 5.02 Å². The number of imidazole rings is 1. The summed E-state index contributed by atoms with van der Waals surface area (Å²) in [6.07, 6.45) is 2.49. The summed E-state index contributed by atoms with van der Waals surface area (Å²) >= 11 is 6.12. The number of benzene rings is 2. The van der Waals surface area contributed by atoms with Crippen LogP contribution in [0.25, 0.3) is 11.0 Å². The summed E-state index contributed by atoms with van der Waals surface area (Å²) in [5.41, 5.74) is 1.10. The van der Waals surface area contributed by atoms with E-state index >= 15 is 0 Å². The summed E-state index contributed by atoms with van der Waals surface area (Å²) in [6, 6.07) is 8.60. The first-order valence-electron chi connectivity index (χ1n) is 10.2. The highest BCUT2D eigenvalue weighted by Crippen LogP contribution is 2.28. The van der Waals surface area contributed by atoms with E-state index in [1.165, 1.54) is 22.5 Å². The molecule has 4 rings (SSSR count). The number of hydrogen-bond donors (Lipinski definition) is 3. The molecule has 2 aromatic carbocycles. The Hall–Kier alpha value is -3.15. The van der Waals surface area contributed by atoms with Crippen LogP contribution < -0.4 is 11.0 Å². The molecule has 12 heteroatoms. The van der Waals surface area contributed by atoms with Gasteiger partial charge in [-0.15, -0.1) is 0 Å². The molecule has 1 aliphatic heterocycles. The second kappa shape index (κ2) is 9.38. The largest absolute Gasteiger partial charge is 0.452 e. The number of nitrogens with zero attached hydrogens (tertiary/aromatic N) is 1. The SMILES string of the molecule is O=C(COC(=O)c1ccc(Cl)c(S(=O)(=O)N2CCCCC2)c1)Nc1ccc2[nH]c(=O)[nH]c2c1. The molecule has 1 amide bonds. The molecule has 0 bridgehead atoms. The van der Waals surface area contributed by atoms with Crippen molar-refractivity contribution in [2.75, 3.05) is 25.0 Å². The zero-order valence-electron chi connectivity index (χ0n) is 17.4. The van der Waals surface area contributed by atoms with Crippen molar-refractivity contribution in [3.63, 3.8) is 0 Å². The number of hydrogen-bond acceptors (Lipinski definition) is 6. The Kier molecular flexibility index (Phi) is 6.54. The smallest absolute Gasteiger partial charge is 0.338 e. The number of anilines is 1. The molecule has 174 valence electrons. The molecular weight excluding hydrogens is 472 g/mol. The molecule has 1 aliphatic rings. The van der Waals surface area contributed by atoms with Gasteiger partial charge in [0.25, 0.3) is 5.91 Å². The number of nitrogens with one attached hydrogen (secondary N) is 3. The lowest BCUT2D eigenvalue weighted by molar-refractivity contribution is -0.119. The van der Waals surface area contributed by atoms with Crippen LogP contribution in [-0.4, -0.2) is 54.3 Å². The van der Waals surface area contributed by atoms with E-state index in [0.717, 1.165) is 19.3 Å². The number of ether oxygens (including phenoxy) is 1. The van der Waals surface area contributed by atoms with E-state index in [0.29, 0.717) is 29.8 Å². The first-order chi connectivity index (χ1) is 15.7. The average Bonchev–Trinajstić information content (AvgIpc) is 3.17. The highest BCUT2D eigenvalue weighted by molar-refractivity contribution is 7.89. The van der Waals surface area contributed by atoms with E-state index in [1.807, 2.05) is 0 Å². The lowest BCUT2D eigenvalue weighted by Gasteiger charge is -2.26. The third kappa shape index (κ3) is 5.10. The van der Waals surface area contributed by atoms with E-state index in [4.69, 9.17) is 16.3 Å². The quantitative estimate of drug-likeness (QED) is 0.451. The normalized spacial score (nSPS) is 14.8. The molecule has 33 heavy (non-hydrogen) atoms. The van der Waals surface area contributed by atoms with Gasteiger partial charge >= 0.3 is 11.7 Å². The Labute approximate surface area is 193 Å². The van der Waals surface area contributed by atoms with Gasteiger partial charge in [0.2, 0.25) is 10.0 Å². The van der Waals surface area contributed by atoms with Crippen LogP contribution in [0.5, 0.6) is 0 Å². The number of amides is 1. The van der Waals surface area contributed by atoms with Gasteiger partial charge in [-0.05, 0) is 49.2 Å². The lowest BCUT2D eigenvalue weighted by Crippen LogP contribution is -2.35. The third-order valence-corrected chi connectivity index (χ3v) is 7.61. The van der Waals surface area contributed by atoms with Crippen molar-refractivity contribution in [1.29, 1.82) is 0 Å². The fourth-order valence-corrected chi connectivity index (χ4v) is 5.61. The van der Waals surface area contributed by atoms with Crippen molar-refractivity contribution in [3.05, 3.63) is 57.5 Å². The van der Waals surface area contributed by atoms with Crippen molar-refractivity contribution in [2.45, 2.75) is 24.2 Å². The van der Waals surface area contributed by atoms with Crippen LogP contribution in [0.15, 0.2) is 46.1 Å². The topological polar surface area (TPSA) is 141 Å². The van der Waals surface area contributed by atoms with E-state index in [2.05, 4.69) is 15.3 Å². The van der Waals surface area contributed by atoms with Gasteiger partial charge in [0.1, 0.15) is 4.90 Å². The van der Waals surface area contributed by atoms with Crippen LogP contribution in [0.1, 0.15) is 29.6 Å². The molecule has 2 heterocycles. The third-order valence-electron chi connectivity index (χ3n) is 5.23. The summed E-state index contributed by atoms with van der Waals surface area (Å²) in [5.74, 6) is -1.46. The predicted octanol–water partition coefficient (Wildman–Crippen LogP) is 2.48. The van der Waals surface area contributed by atoms with E-state index in [1.54, 1.807) is 18.2 Å². The molecule has 0 atom stereocenters. The number of fused-ring (bicyclic) bond motifs is 1. The number of halogens is 1. The zero-order valence-corrected chi connectivity index (χ0v) is 19.0. The van der Waals surface area contributed by atoms with Crippen LogP contribution in [0.4, 0.5) is 5.69 Å². The van der Waals surface area contributed by atoms with Crippen molar-refractivity contribution in [1.82, 2.24) is 14.3 Å². The maximum Gasteiger partial charge on any atom is 0.338 e. The monoisotopic (exact) mass is 492 g/mol. The molecule has 0 radical (unpaired) electrons. The molecular formula is C21H21ClN4O6S. The van der Waals surface area contributed by atoms with Crippen LogP contribution in [0.3, 0.4) is 0 Å². The molecule has 1 aromatic heterocycles. The highest BCUT2D eigenvalue weighted by Gasteiger charge is 2.29. The summed E-state index contributed by atoms with van der Waals surface area (Å²) in [4.78, 5) is 41.0. The number of piperidine rings is 1. The first kappa shape index (κ1) is 23.0. The number of rotatable bonds is 6. The standard InChI is InChI=1S/C21H21ClN4O6S/c22-15-6-4-13(10-18(15)33(30,31)26-8-2-1-3-9-26)20(28)32-12-19(27)23-14-5-7-16-17(11-14)25-21(29)24-16/h4-7,10-11H,1-3,8-9,12H2,(H,23,27)(H2,24,25,29). The first-order valence-corrected chi connectivity index (χ1v) is 12.0. The number of aromatic nitrogens is 2. The van der Waals surface area contributed by atoms with Crippen LogP contribution in [0, 0.1) is 0 Å². The molecule has 1 saturated heterocycles. The van der Waals surface area contributed by atoms with Gasteiger partial charge < -0.3 is 20.0 Å². The maximum absolute atomic E-state index is 12.9. The maximum atomic E-state index is 12.9. The Morgan fingerprint density at radius 3 is 2.52 bits per heavy atom. The minimum absolute atomic E-state index is 0.00746. The second-order valence-electron chi connectivity index (χ2n) is 7.57. The Morgan fingerprint density at radius 1 is 1.03 bits per heavy atom. The van der Waals surface area contributed by atoms with E-state index < -0.39 is 28.5 Å². The Balaban J connectivity index is 1.42. The number of carbonyl (C=O) groups is 2. The summed E-state index contributed by atoms with van der Waals surface area (Å²) in [6.45, 7) is 0.212. The summed E-state index contributed by atoms with van der Waals surface area (Å²) < 4.78 is 32.3. The van der Waals surface area contributed by atoms with Gasteiger partial charge in [-0.2, -0.15) is 4.31 Å². The molecule has 1 fully saturated rings. The molecule has 0 spiro atoms. The molecule has 10 nitrogen and oxygen atoms in total. The lowest BCUT2D eigenvalue weighted by atomic mass is 10.2. The summed E-state index contributed by atoms with van der Waals surface area (Å²) in [5, 5.41) is 2.57.